The molecule has 0 aliphatic heterocycles. The Bertz CT molecular complexity index is 1450. The number of alkyl halides is 35. The van der Waals surface area contributed by atoms with Gasteiger partial charge >= 0.3 is 103 Å². The maximum Gasteiger partial charge on any atom is 0.462 e. The first-order valence-electron chi connectivity index (χ1n) is 12.1. The van der Waals surface area contributed by atoms with E-state index in [1.165, 1.54) is 4.74 Å². The minimum atomic E-state index is -9.58. The zero-order valence-electron chi connectivity index (χ0n) is 24.9. The summed E-state index contributed by atoms with van der Waals surface area (Å²) < 4.78 is 472. The van der Waals surface area contributed by atoms with E-state index in [0.717, 1.165) is 9.47 Å². The van der Waals surface area contributed by atoms with Crippen molar-refractivity contribution >= 4 is 0 Å². The molecule has 0 amide bonds. The lowest BCUT2D eigenvalue weighted by atomic mass is 10.2. The average Bonchev–Trinajstić information content (AvgIpc) is 2.91. The first-order valence-corrected chi connectivity index (χ1v) is 12.1. The molecule has 6 nitrogen and oxygen atoms in total. The zero-order chi connectivity index (χ0) is 48.7. The van der Waals surface area contributed by atoms with Crippen LogP contribution in [0.5, 0.6) is 0 Å². The lowest BCUT2D eigenvalue weighted by Crippen LogP contribution is -2.73. The number of hydrogen-bond acceptors (Lipinski definition) is 6. The molecule has 0 radical (unpaired) electrons. The topological polar surface area (TPSA) is 66.4 Å². The van der Waals surface area contributed by atoms with E-state index in [-0.39, 0.29) is 0 Å². The molecule has 0 bridgehead atoms. The lowest BCUT2D eigenvalue weighted by Gasteiger charge is -2.44. The zero-order valence-corrected chi connectivity index (χ0v) is 24.9. The highest BCUT2D eigenvalue weighted by Crippen LogP contribution is 2.62. The molecule has 0 saturated heterocycles. The summed E-state index contributed by atoms with van der Waals surface area (Å²) in [5, 5.41) is 8.13. The maximum atomic E-state index is 14.6. The largest absolute Gasteiger partial charge is 0.462 e. The van der Waals surface area contributed by atoms with Gasteiger partial charge in [0.05, 0.1) is 0 Å². The quantitative estimate of drug-likeness (QED) is 0.156. The summed E-state index contributed by atoms with van der Waals surface area (Å²) in [6, 6.07) is 0. The summed E-state index contributed by atoms with van der Waals surface area (Å²) in [4.78, 5) is 0. The Hall–Kier alpha value is -2.69. The van der Waals surface area contributed by atoms with Gasteiger partial charge in [-0.05, 0) is 0 Å². The molecule has 1 N–H and O–H groups in total. The molecule has 0 aliphatic carbocycles. The SMILES string of the molecule is OC[C@](F)(OC(F)(F)[C@@](F)(OC(F)(F)[C@@](F)(OC(F)(F)[C@@](F)(OC(F)(F)[C@@](F)(OC(F)(F)C(F)(F)C(F)(F)F)C(F)(F)F)C(F)(F)F)C(F)(F)F)C(F)(F)F)C(F)(F)F. The van der Waals surface area contributed by atoms with Crippen molar-refractivity contribution in [3.8, 4) is 0 Å². The number of ether oxygens (including phenoxy) is 5. The van der Waals surface area contributed by atoms with E-state index < -0.39 is 109 Å². The Labute approximate surface area is 293 Å². The summed E-state index contributed by atoms with van der Waals surface area (Å²) in [6.07, 6.45) is -97.2. The minimum absolute atomic E-state index is 0.705. The Morgan fingerprint density at radius 1 is 0.237 bits per heavy atom. The average molecular weight is 980 g/mol. The third kappa shape index (κ3) is 9.40. The van der Waals surface area contributed by atoms with Crippen LogP contribution < -0.4 is 0 Å². The molecular weight excluding hydrogens is 977 g/mol. The number of rotatable bonds is 16. The molecule has 0 heterocycles. The van der Waals surface area contributed by atoms with Crippen molar-refractivity contribution in [2.45, 2.75) is 103 Å². The summed E-state index contributed by atoms with van der Waals surface area (Å²) in [5.41, 5.74) is 0. The maximum absolute atomic E-state index is 14.6. The van der Waals surface area contributed by atoms with Gasteiger partial charge < -0.3 is 5.11 Å². The molecule has 0 unspecified atom stereocenters. The molecule has 0 aliphatic rings. The van der Waals surface area contributed by atoms with Crippen LogP contribution in [0.1, 0.15) is 0 Å². The summed E-state index contributed by atoms with van der Waals surface area (Å²) in [7, 11) is 0. The number of aliphatic hydroxyl groups excluding tert-OH is 1. The van der Waals surface area contributed by atoms with E-state index in [4.69, 9.17) is 5.11 Å². The number of aliphatic hydroxyl groups is 1. The third-order valence-corrected chi connectivity index (χ3v) is 5.67. The van der Waals surface area contributed by atoms with Crippen molar-refractivity contribution < 1.29 is 182 Å². The second-order valence-electron chi connectivity index (χ2n) is 9.92. The van der Waals surface area contributed by atoms with Gasteiger partial charge in [0.1, 0.15) is 6.61 Å². The second kappa shape index (κ2) is 14.7. The van der Waals surface area contributed by atoms with Gasteiger partial charge in [0.25, 0.3) is 0 Å². The van der Waals surface area contributed by atoms with Crippen LogP contribution in [0, 0.1) is 0 Å². The fourth-order valence-corrected chi connectivity index (χ4v) is 2.71. The fraction of sp³-hybridized carbons (Fsp3) is 1.00. The van der Waals surface area contributed by atoms with Crippen molar-refractivity contribution in [1.82, 2.24) is 0 Å². The predicted octanol–water partition coefficient (Wildman–Crippen LogP) is 10.4. The summed E-state index contributed by atoms with van der Waals surface area (Å²) in [5.74, 6) is -52.8. The van der Waals surface area contributed by atoms with E-state index in [2.05, 4.69) is 0 Å². The minimum Gasteiger partial charge on any atom is -0.390 e. The molecule has 0 aromatic rings. The van der Waals surface area contributed by atoms with Gasteiger partial charge in [-0.25, -0.2) is 0 Å². The van der Waals surface area contributed by atoms with E-state index in [1.807, 2.05) is 0 Å². The van der Waals surface area contributed by atoms with E-state index in [0.29, 0.717) is 9.47 Å². The molecular formula is C18H3F35O6. The van der Waals surface area contributed by atoms with E-state index in [1.54, 1.807) is 0 Å². The standard InChI is InChI=1S/C18H3F35O6/c19-2(1-54,8(26,27)28)55-15(46,47)4(22,10(32,33)34)57-17(50,51)6(24,12(38,39)40)59-18(52,53)7(25,13(41,42)43)58-16(48,49)5(23,11(35,36)37)56-14(44,45)3(20,21)9(29,30)31/h54H,1H2/t2-,4-,5-,6-,7-/m0/s1. The highest BCUT2D eigenvalue weighted by Gasteiger charge is 2.91. The molecule has 0 rings (SSSR count). The van der Waals surface area contributed by atoms with E-state index >= 15 is 0 Å². The Morgan fingerprint density at radius 2 is 0.424 bits per heavy atom. The van der Waals surface area contributed by atoms with Crippen LogP contribution >= 0.6 is 0 Å². The summed E-state index contributed by atoms with van der Waals surface area (Å²) in [6.45, 7) is -3.90. The predicted molar refractivity (Wildman–Crippen MR) is 97.7 cm³/mol. The molecule has 0 aromatic carbocycles. The molecule has 59 heavy (non-hydrogen) atoms. The number of hydrogen-bond donors (Lipinski definition) is 1. The van der Waals surface area contributed by atoms with Gasteiger partial charge in [-0.1, -0.05) is 0 Å². The monoisotopic (exact) mass is 980 g/mol. The Morgan fingerprint density at radius 3 is 0.576 bits per heavy atom. The van der Waals surface area contributed by atoms with Gasteiger partial charge in [0.15, 0.2) is 0 Å². The van der Waals surface area contributed by atoms with Gasteiger partial charge in [0, 0.05) is 0 Å². The molecule has 356 valence electrons. The van der Waals surface area contributed by atoms with Crippen molar-refractivity contribution in [3.05, 3.63) is 0 Å². The molecule has 0 aromatic heterocycles. The van der Waals surface area contributed by atoms with Crippen molar-refractivity contribution in [1.29, 1.82) is 0 Å². The fourth-order valence-electron chi connectivity index (χ4n) is 2.71. The Balaban J connectivity index is 7.96. The van der Waals surface area contributed by atoms with Crippen LogP contribution in [0.25, 0.3) is 0 Å². The molecule has 0 fully saturated rings. The van der Waals surface area contributed by atoms with Crippen molar-refractivity contribution in [3.63, 3.8) is 0 Å². The van der Waals surface area contributed by atoms with Gasteiger partial charge in [-0.2, -0.15) is 154 Å². The highest BCUT2D eigenvalue weighted by molar-refractivity contribution is 5.00. The van der Waals surface area contributed by atoms with Crippen LogP contribution in [0.3, 0.4) is 0 Å². The van der Waals surface area contributed by atoms with Crippen LogP contribution in [0.4, 0.5) is 154 Å². The molecule has 5 atom stereocenters. The summed E-state index contributed by atoms with van der Waals surface area (Å²) >= 11 is 0. The van der Waals surface area contributed by atoms with Gasteiger partial charge in [-0.3, -0.25) is 23.7 Å². The third-order valence-electron chi connectivity index (χ3n) is 5.67. The Kier molecular flexibility index (Phi) is 14.0. The first-order chi connectivity index (χ1) is 24.8. The van der Waals surface area contributed by atoms with Crippen LogP contribution in [-0.4, -0.2) is 115 Å². The molecule has 41 heteroatoms. The lowest BCUT2D eigenvalue weighted by molar-refractivity contribution is -0.600. The smallest absolute Gasteiger partial charge is 0.390 e. The second-order valence-corrected chi connectivity index (χ2v) is 9.92. The van der Waals surface area contributed by atoms with Crippen LogP contribution in [0.15, 0.2) is 0 Å². The van der Waals surface area contributed by atoms with Crippen LogP contribution in [0.2, 0.25) is 0 Å². The normalized spacial score (nSPS) is 20.9. The van der Waals surface area contributed by atoms with E-state index in [9.17, 15) is 154 Å². The number of halogens is 35. The van der Waals surface area contributed by atoms with Crippen LogP contribution in [-0.2, 0) is 23.7 Å². The first kappa shape index (κ1) is 56.3. The van der Waals surface area contributed by atoms with Gasteiger partial charge in [0.2, 0.25) is 0 Å². The van der Waals surface area contributed by atoms with Gasteiger partial charge in [-0.15, -0.1) is 0 Å². The van der Waals surface area contributed by atoms with Crippen molar-refractivity contribution in [2.75, 3.05) is 6.61 Å². The van der Waals surface area contributed by atoms with Crippen molar-refractivity contribution in [2.24, 2.45) is 0 Å². The molecule has 0 saturated carbocycles. The molecule has 0 spiro atoms. The highest BCUT2D eigenvalue weighted by atomic mass is 19.5.